The van der Waals surface area contributed by atoms with E-state index in [0.29, 0.717) is 19.1 Å². The fraction of sp³-hybridized carbons (Fsp3) is 0.769. The Labute approximate surface area is 113 Å². The monoisotopic (exact) mass is 275 g/mol. The normalized spacial score (nSPS) is 13.4. The standard InChI is InChI=1S/C13H23F2N3O/c1-10(2)18-6-4-12(17-18)8-11(16-3)5-7-19-9-13(14)15/h4,6,10-11,13,16H,5,7-9H2,1-3H3. The molecule has 1 rings (SSSR count). The van der Waals surface area contributed by atoms with Crippen LogP contribution in [0.4, 0.5) is 8.78 Å². The maximum Gasteiger partial charge on any atom is 0.261 e. The van der Waals surface area contributed by atoms with Gasteiger partial charge in [-0.2, -0.15) is 5.10 Å². The highest BCUT2D eigenvalue weighted by Crippen LogP contribution is 2.08. The third-order valence-electron chi connectivity index (χ3n) is 2.91. The van der Waals surface area contributed by atoms with Gasteiger partial charge < -0.3 is 10.1 Å². The molecular formula is C13H23F2N3O. The maximum atomic E-state index is 11.9. The van der Waals surface area contributed by atoms with Crippen molar-refractivity contribution in [1.29, 1.82) is 0 Å². The second kappa shape index (κ2) is 8.22. The van der Waals surface area contributed by atoms with Crippen LogP contribution in [0.3, 0.4) is 0 Å². The fourth-order valence-corrected chi connectivity index (χ4v) is 1.77. The molecule has 1 unspecified atom stereocenters. The van der Waals surface area contributed by atoms with Gasteiger partial charge in [0.1, 0.15) is 6.61 Å². The molecule has 1 N–H and O–H groups in total. The van der Waals surface area contributed by atoms with Gasteiger partial charge in [-0.05, 0) is 33.4 Å². The number of nitrogens with zero attached hydrogens (tertiary/aromatic N) is 2. The minimum Gasteiger partial charge on any atom is -0.375 e. The first kappa shape index (κ1) is 16.0. The highest BCUT2D eigenvalue weighted by molar-refractivity contribution is 5.02. The minimum absolute atomic E-state index is 0.188. The quantitative estimate of drug-likeness (QED) is 0.703. The van der Waals surface area contributed by atoms with Gasteiger partial charge in [0.2, 0.25) is 0 Å². The van der Waals surface area contributed by atoms with Crippen LogP contribution in [-0.4, -0.2) is 42.5 Å². The lowest BCUT2D eigenvalue weighted by Crippen LogP contribution is -2.29. The van der Waals surface area contributed by atoms with Gasteiger partial charge in [-0.25, -0.2) is 8.78 Å². The Morgan fingerprint density at radius 3 is 2.68 bits per heavy atom. The van der Waals surface area contributed by atoms with Crippen molar-refractivity contribution in [3.8, 4) is 0 Å². The number of alkyl halides is 2. The van der Waals surface area contributed by atoms with Crippen molar-refractivity contribution in [2.45, 2.75) is 45.2 Å². The van der Waals surface area contributed by atoms with Gasteiger partial charge in [-0.1, -0.05) is 0 Å². The number of aromatic nitrogens is 2. The van der Waals surface area contributed by atoms with Crippen LogP contribution in [0.25, 0.3) is 0 Å². The molecule has 0 aliphatic heterocycles. The molecule has 0 bridgehead atoms. The van der Waals surface area contributed by atoms with Crippen molar-refractivity contribution in [2.75, 3.05) is 20.3 Å². The van der Waals surface area contributed by atoms with Crippen LogP contribution in [0.15, 0.2) is 12.3 Å². The second-order valence-corrected chi connectivity index (χ2v) is 4.83. The fourth-order valence-electron chi connectivity index (χ4n) is 1.77. The zero-order valence-electron chi connectivity index (χ0n) is 11.8. The van der Waals surface area contributed by atoms with E-state index in [1.807, 2.05) is 24.0 Å². The van der Waals surface area contributed by atoms with E-state index in [4.69, 9.17) is 4.74 Å². The molecule has 0 amide bonds. The summed E-state index contributed by atoms with van der Waals surface area (Å²) >= 11 is 0. The van der Waals surface area contributed by atoms with E-state index in [0.717, 1.165) is 12.1 Å². The van der Waals surface area contributed by atoms with E-state index >= 15 is 0 Å². The Kier molecular flexibility index (Phi) is 6.94. The van der Waals surface area contributed by atoms with E-state index in [1.165, 1.54) is 0 Å². The first-order chi connectivity index (χ1) is 9.02. The molecule has 4 nitrogen and oxygen atoms in total. The summed E-state index contributed by atoms with van der Waals surface area (Å²) in [6, 6.07) is 2.52. The molecule has 0 saturated carbocycles. The topological polar surface area (TPSA) is 39.1 Å². The van der Waals surface area contributed by atoms with Crippen molar-refractivity contribution in [3.05, 3.63) is 18.0 Å². The molecule has 6 heteroatoms. The van der Waals surface area contributed by atoms with Crippen LogP contribution in [-0.2, 0) is 11.2 Å². The van der Waals surface area contributed by atoms with Crippen molar-refractivity contribution < 1.29 is 13.5 Å². The summed E-state index contributed by atoms with van der Waals surface area (Å²) in [7, 11) is 1.86. The van der Waals surface area contributed by atoms with Gasteiger partial charge >= 0.3 is 0 Å². The average molecular weight is 275 g/mol. The largest absolute Gasteiger partial charge is 0.375 e. The lowest BCUT2D eigenvalue weighted by molar-refractivity contribution is 0.0146. The Morgan fingerprint density at radius 1 is 1.42 bits per heavy atom. The Bertz CT molecular complexity index is 355. The van der Waals surface area contributed by atoms with Crippen molar-refractivity contribution in [2.24, 2.45) is 0 Å². The van der Waals surface area contributed by atoms with E-state index < -0.39 is 13.0 Å². The summed E-state index contributed by atoms with van der Waals surface area (Å²) in [5.41, 5.74) is 1.00. The summed E-state index contributed by atoms with van der Waals surface area (Å²) in [5, 5.41) is 7.63. The molecule has 0 spiro atoms. The summed E-state index contributed by atoms with van der Waals surface area (Å²) in [6.45, 7) is 3.99. The van der Waals surface area contributed by atoms with Crippen molar-refractivity contribution in [1.82, 2.24) is 15.1 Å². The predicted molar refractivity (Wildman–Crippen MR) is 70.6 cm³/mol. The van der Waals surface area contributed by atoms with E-state index in [9.17, 15) is 8.78 Å². The van der Waals surface area contributed by atoms with Crippen LogP contribution >= 0.6 is 0 Å². The minimum atomic E-state index is -2.39. The Balaban J connectivity index is 2.34. The first-order valence-electron chi connectivity index (χ1n) is 6.60. The molecule has 0 aromatic carbocycles. The molecule has 0 saturated heterocycles. The molecule has 1 atom stereocenters. The summed E-state index contributed by atoms with van der Waals surface area (Å²) in [6.07, 6.45) is 1.03. The zero-order valence-corrected chi connectivity index (χ0v) is 11.8. The molecule has 0 radical (unpaired) electrons. The molecule has 1 aromatic heterocycles. The number of rotatable bonds is 9. The van der Waals surface area contributed by atoms with Crippen LogP contribution in [0.1, 0.15) is 32.0 Å². The Hall–Kier alpha value is -1.01. The Morgan fingerprint density at radius 2 is 2.16 bits per heavy atom. The lowest BCUT2D eigenvalue weighted by Gasteiger charge is -2.15. The third-order valence-corrected chi connectivity index (χ3v) is 2.91. The maximum absolute atomic E-state index is 11.9. The molecule has 1 heterocycles. The van der Waals surface area contributed by atoms with Gasteiger partial charge in [0.05, 0.1) is 5.69 Å². The number of hydrogen-bond acceptors (Lipinski definition) is 3. The average Bonchev–Trinajstić information content (AvgIpc) is 2.81. The van der Waals surface area contributed by atoms with Crippen LogP contribution in [0.5, 0.6) is 0 Å². The summed E-state index contributed by atoms with van der Waals surface area (Å²) < 4.78 is 30.6. The number of ether oxygens (including phenoxy) is 1. The SMILES string of the molecule is CNC(CCOCC(F)F)Cc1ccn(C(C)C)n1. The van der Waals surface area contributed by atoms with Gasteiger partial charge in [-0.15, -0.1) is 0 Å². The van der Waals surface area contributed by atoms with Gasteiger partial charge in [0.15, 0.2) is 0 Å². The zero-order chi connectivity index (χ0) is 14.3. The second-order valence-electron chi connectivity index (χ2n) is 4.83. The van der Waals surface area contributed by atoms with Gasteiger partial charge in [0, 0.05) is 31.3 Å². The number of nitrogens with one attached hydrogen (secondary N) is 1. The number of hydrogen-bond donors (Lipinski definition) is 1. The van der Waals surface area contributed by atoms with E-state index in [2.05, 4.69) is 24.3 Å². The summed E-state index contributed by atoms with van der Waals surface area (Å²) in [4.78, 5) is 0. The smallest absolute Gasteiger partial charge is 0.261 e. The molecule has 1 aromatic rings. The van der Waals surface area contributed by atoms with Gasteiger partial charge in [-0.3, -0.25) is 4.68 Å². The molecule has 0 aliphatic carbocycles. The third kappa shape index (κ3) is 6.11. The van der Waals surface area contributed by atoms with Crippen LogP contribution < -0.4 is 5.32 Å². The molecule has 0 fully saturated rings. The summed E-state index contributed by atoms with van der Waals surface area (Å²) in [5.74, 6) is 0. The molecule has 110 valence electrons. The van der Waals surface area contributed by atoms with Crippen molar-refractivity contribution in [3.63, 3.8) is 0 Å². The van der Waals surface area contributed by atoms with E-state index in [-0.39, 0.29) is 6.04 Å². The van der Waals surface area contributed by atoms with Crippen LogP contribution in [0, 0.1) is 0 Å². The molecule has 19 heavy (non-hydrogen) atoms. The van der Waals surface area contributed by atoms with Crippen molar-refractivity contribution >= 4 is 0 Å². The molecule has 0 aliphatic rings. The lowest BCUT2D eigenvalue weighted by atomic mass is 10.1. The molecular weight excluding hydrogens is 252 g/mol. The highest BCUT2D eigenvalue weighted by atomic mass is 19.3. The van der Waals surface area contributed by atoms with Gasteiger partial charge in [0.25, 0.3) is 6.43 Å². The van der Waals surface area contributed by atoms with E-state index in [1.54, 1.807) is 0 Å². The number of halogens is 2. The van der Waals surface area contributed by atoms with Crippen LogP contribution in [0.2, 0.25) is 0 Å². The highest BCUT2D eigenvalue weighted by Gasteiger charge is 2.11. The predicted octanol–water partition coefficient (Wildman–Crippen LogP) is 2.27. The number of likely N-dealkylation sites (N-methyl/N-ethyl adjacent to an activating group) is 1. The first-order valence-corrected chi connectivity index (χ1v) is 6.60.